The highest BCUT2D eigenvalue weighted by atomic mass is 16.6. The fourth-order valence-corrected chi connectivity index (χ4v) is 2.79. The Morgan fingerprint density at radius 1 is 1.18 bits per heavy atom. The van der Waals surface area contributed by atoms with E-state index in [0.717, 1.165) is 0 Å². The second-order valence-corrected chi connectivity index (χ2v) is 6.06. The van der Waals surface area contributed by atoms with E-state index in [9.17, 15) is 9.59 Å². The highest BCUT2D eigenvalue weighted by Gasteiger charge is 2.23. The molecule has 0 aliphatic carbocycles. The molecule has 28 heavy (non-hydrogen) atoms. The van der Waals surface area contributed by atoms with Gasteiger partial charge in [0, 0.05) is 38.6 Å². The van der Waals surface area contributed by atoms with E-state index in [-0.39, 0.29) is 12.0 Å². The molecule has 9 nitrogen and oxygen atoms in total. The molecule has 0 unspecified atom stereocenters. The van der Waals surface area contributed by atoms with Gasteiger partial charge in [0.15, 0.2) is 0 Å². The van der Waals surface area contributed by atoms with Crippen molar-refractivity contribution in [2.75, 3.05) is 43.0 Å². The molecule has 1 aliphatic heterocycles. The number of benzene rings is 1. The first-order valence-corrected chi connectivity index (χ1v) is 8.91. The van der Waals surface area contributed by atoms with Crippen LogP contribution in [0.2, 0.25) is 0 Å². The van der Waals surface area contributed by atoms with Crippen LogP contribution in [-0.4, -0.2) is 59.7 Å². The number of aromatic nitrogens is 2. The number of carbonyl (C=O) groups excluding carboxylic acids is 2. The lowest BCUT2D eigenvalue weighted by molar-refractivity contribution is 0.102. The number of hydrogen-bond donors (Lipinski definition) is 1. The summed E-state index contributed by atoms with van der Waals surface area (Å²) in [6.07, 6.45) is 2.59. The molecule has 144 valence electrons. The number of amides is 2. The SMILES string of the molecule is CCOC(=O)N1CCN(c2ncc(C(=O)Nc3ccccc3C#N)cn2)CC1. The van der Waals surface area contributed by atoms with Crippen molar-refractivity contribution >= 4 is 23.6 Å². The fourth-order valence-electron chi connectivity index (χ4n) is 2.79. The number of hydrogen-bond acceptors (Lipinski definition) is 7. The normalized spacial score (nSPS) is 13.6. The third-order valence-corrected chi connectivity index (χ3v) is 4.28. The van der Waals surface area contributed by atoms with Gasteiger partial charge in [-0.25, -0.2) is 14.8 Å². The molecule has 0 bridgehead atoms. The van der Waals surface area contributed by atoms with Crippen LogP contribution < -0.4 is 10.2 Å². The van der Waals surface area contributed by atoms with Gasteiger partial charge in [0.25, 0.3) is 5.91 Å². The average molecular weight is 380 g/mol. The third kappa shape index (κ3) is 4.35. The maximum atomic E-state index is 12.4. The Balaban J connectivity index is 1.60. The summed E-state index contributed by atoms with van der Waals surface area (Å²) in [5.74, 6) is 0.110. The summed E-state index contributed by atoms with van der Waals surface area (Å²) in [7, 11) is 0. The van der Waals surface area contributed by atoms with Crippen LogP contribution in [0.5, 0.6) is 0 Å². The molecule has 9 heteroatoms. The molecule has 2 amide bonds. The molecule has 0 radical (unpaired) electrons. The van der Waals surface area contributed by atoms with Crippen LogP contribution >= 0.6 is 0 Å². The molecule has 1 aromatic heterocycles. The molecule has 2 heterocycles. The molecule has 0 saturated carbocycles. The summed E-state index contributed by atoms with van der Waals surface area (Å²) in [4.78, 5) is 36.3. The summed E-state index contributed by atoms with van der Waals surface area (Å²) in [5, 5.41) is 11.8. The smallest absolute Gasteiger partial charge is 0.409 e. The maximum Gasteiger partial charge on any atom is 0.409 e. The average Bonchev–Trinajstić information content (AvgIpc) is 2.74. The van der Waals surface area contributed by atoms with Crippen molar-refractivity contribution in [2.45, 2.75) is 6.92 Å². The molecule has 1 aliphatic rings. The second-order valence-electron chi connectivity index (χ2n) is 6.06. The number of nitriles is 1. The predicted octanol–water partition coefficient (Wildman–Crippen LogP) is 1.88. The molecule has 2 aromatic rings. The van der Waals surface area contributed by atoms with Crippen LogP contribution in [0.15, 0.2) is 36.7 Å². The maximum absolute atomic E-state index is 12.4. The van der Waals surface area contributed by atoms with Crippen LogP contribution in [-0.2, 0) is 4.74 Å². The fraction of sp³-hybridized carbons (Fsp3) is 0.316. The zero-order valence-electron chi connectivity index (χ0n) is 15.5. The first kappa shape index (κ1) is 19.1. The monoisotopic (exact) mass is 380 g/mol. The molecule has 1 aromatic carbocycles. The number of carbonyl (C=O) groups is 2. The lowest BCUT2D eigenvalue weighted by atomic mass is 10.2. The molecular weight excluding hydrogens is 360 g/mol. The molecule has 1 saturated heterocycles. The molecular formula is C19H20N6O3. The van der Waals surface area contributed by atoms with Gasteiger partial charge < -0.3 is 19.9 Å². The molecule has 1 N–H and O–H groups in total. The minimum atomic E-state index is -0.388. The van der Waals surface area contributed by atoms with Crippen molar-refractivity contribution in [2.24, 2.45) is 0 Å². The minimum absolute atomic E-state index is 0.293. The van der Waals surface area contributed by atoms with Crippen LogP contribution in [0.3, 0.4) is 0 Å². The predicted molar refractivity (Wildman–Crippen MR) is 102 cm³/mol. The lowest BCUT2D eigenvalue weighted by Crippen LogP contribution is -2.49. The summed E-state index contributed by atoms with van der Waals surface area (Å²) in [5.41, 5.74) is 1.11. The van der Waals surface area contributed by atoms with Gasteiger partial charge in [0.1, 0.15) is 6.07 Å². The first-order chi connectivity index (χ1) is 13.6. The van der Waals surface area contributed by atoms with Gasteiger partial charge in [-0.1, -0.05) is 12.1 Å². The van der Waals surface area contributed by atoms with Gasteiger partial charge in [-0.05, 0) is 19.1 Å². The van der Waals surface area contributed by atoms with Crippen LogP contribution in [0, 0.1) is 11.3 Å². The Kier molecular flexibility index (Phi) is 6.01. The lowest BCUT2D eigenvalue weighted by Gasteiger charge is -2.33. The van der Waals surface area contributed by atoms with Gasteiger partial charge in [0.2, 0.25) is 5.95 Å². The number of nitrogens with one attached hydrogen (secondary N) is 1. The Morgan fingerprint density at radius 3 is 2.50 bits per heavy atom. The van der Waals surface area contributed by atoms with Gasteiger partial charge in [-0.2, -0.15) is 5.26 Å². The second kappa shape index (κ2) is 8.81. The standard InChI is InChI=1S/C19H20N6O3/c1-2-28-19(27)25-9-7-24(8-10-25)18-21-12-15(13-22-18)17(26)23-16-6-4-3-5-14(16)11-20/h3-6,12-13H,2,7-10H2,1H3,(H,23,26). The Labute approximate surface area is 162 Å². The Hall–Kier alpha value is -3.67. The Morgan fingerprint density at radius 2 is 1.86 bits per heavy atom. The molecule has 1 fully saturated rings. The summed E-state index contributed by atoms with van der Waals surface area (Å²) >= 11 is 0. The third-order valence-electron chi connectivity index (χ3n) is 4.28. The molecule has 0 spiro atoms. The van der Waals surface area contributed by atoms with Crippen molar-refractivity contribution < 1.29 is 14.3 Å². The number of piperazine rings is 1. The van der Waals surface area contributed by atoms with Gasteiger partial charge in [-0.15, -0.1) is 0 Å². The van der Waals surface area contributed by atoms with E-state index in [1.807, 2.05) is 11.0 Å². The number of ether oxygens (including phenoxy) is 1. The minimum Gasteiger partial charge on any atom is -0.450 e. The highest BCUT2D eigenvalue weighted by Crippen LogP contribution is 2.16. The van der Waals surface area contributed by atoms with E-state index in [0.29, 0.717) is 55.5 Å². The van der Waals surface area contributed by atoms with Crippen LogP contribution in [0.25, 0.3) is 0 Å². The van der Waals surface area contributed by atoms with Gasteiger partial charge in [0.05, 0.1) is 23.4 Å². The van der Waals surface area contributed by atoms with Crippen molar-refractivity contribution in [3.8, 4) is 6.07 Å². The zero-order valence-corrected chi connectivity index (χ0v) is 15.5. The number of anilines is 2. The first-order valence-electron chi connectivity index (χ1n) is 8.91. The van der Waals surface area contributed by atoms with E-state index < -0.39 is 0 Å². The van der Waals surface area contributed by atoms with Gasteiger partial charge >= 0.3 is 6.09 Å². The van der Waals surface area contributed by atoms with Crippen LogP contribution in [0.1, 0.15) is 22.8 Å². The van der Waals surface area contributed by atoms with Crippen molar-refractivity contribution in [3.05, 3.63) is 47.8 Å². The quantitative estimate of drug-likeness (QED) is 0.862. The molecule has 0 atom stereocenters. The van der Waals surface area contributed by atoms with Crippen molar-refractivity contribution in [1.29, 1.82) is 5.26 Å². The van der Waals surface area contributed by atoms with E-state index >= 15 is 0 Å². The summed E-state index contributed by atoms with van der Waals surface area (Å²) < 4.78 is 5.00. The topological polar surface area (TPSA) is 111 Å². The van der Waals surface area contributed by atoms with Crippen LogP contribution in [0.4, 0.5) is 16.4 Å². The Bertz CT molecular complexity index is 885. The zero-order chi connectivity index (χ0) is 19.9. The number of rotatable bonds is 4. The number of para-hydroxylation sites is 1. The highest BCUT2D eigenvalue weighted by molar-refractivity contribution is 6.04. The molecule has 3 rings (SSSR count). The summed E-state index contributed by atoms with van der Waals surface area (Å²) in [6, 6.07) is 8.80. The van der Waals surface area contributed by atoms with E-state index in [1.165, 1.54) is 12.4 Å². The van der Waals surface area contributed by atoms with E-state index in [4.69, 9.17) is 10.00 Å². The van der Waals surface area contributed by atoms with Gasteiger partial charge in [-0.3, -0.25) is 4.79 Å². The largest absolute Gasteiger partial charge is 0.450 e. The van der Waals surface area contributed by atoms with E-state index in [2.05, 4.69) is 15.3 Å². The van der Waals surface area contributed by atoms with Crippen molar-refractivity contribution in [3.63, 3.8) is 0 Å². The summed E-state index contributed by atoms with van der Waals surface area (Å²) in [6.45, 7) is 4.34. The van der Waals surface area contributed by atoms with E-state index in [1.54, 1.807) is 36.1 Å². The number of nitrogens with zero attached hydrogens (tertiary/aromatic N) is 5. The van der Waals surface area contributed by atoms with Crippen molar-refractivity contribution in [1.82, 2.24) is 14.9 Å².